The van der Waals surface area contributed by atoms with Gasteiger partial charge in [-0.05, 0) is 49.2 Å². The third-order valence-electron chi connectivity index (χ3n) is 4.85. The summed E-state index contributed by atoms with van der Waals surface area (Å²) < 4.78 is 6.01. The van der Waals surface area contributed by atoms with Gasteiger partial charge in [-0.1, -0.05) is 6.07 Å². The lowest BCUT2D eigenvalue weighted by atomic mass is 10.0. The van der Waals surface area contributed by atoms with Crippen LogP contribution in [-0.2, 0) is 6.42 Å². The molecule has 0 aliphatic carbocycles. The van der Waals surface area contributed by atoms with Crippen molar-refractivity contribution < 1.29 is 4.74 Å². The van der Waals surface area contributed by atoms with Crippen LogP contribution in [0.2, 0.25) is 0 Å². The standard InChI is InChI=1S/C22H26N6O/c1-15-7-16(9-23)3-4-17(15)5-6-26-13-20-14-27-21-8-18(12-28-22(21)29-20)19(10-24)11-25-2/h3-4,7-8,10-12,20,26-27H,5-6,13-14,24H2,1-2H3/b19-10+,25-11?. The zero-order valence-electron chi connectivity index (χ0n) is 16.8. The number of aliphatic imine (C=N–C) groups is 1. The van der Waals surface area contributed by atoms with E-state index in [0.717, 1.165) is 41.9 Å². The van der Waals surface area contributed by atoms with Crippen molar-refractivity contribution in [2.45, 2.75) is 19.4 Å². The number of hydrogen-bond acceptors (Lipinski definition) is 7. The average Bonchev–Trinajstić information content (AvgIpc) is 2.75. The second kappa shape index (κ2) is 9.71. The number of nitriles is 1. The molecule has 1 aliphatic heterocycles. The number of fused-ring (bicyclic) bond motifs is 1. The Labute approximate surface area is 171 Å². The molecule has 0 fully saturated rings. The van der Waals surface area contributed by atoms with Crippen LogP contribution in [0.3, 0.4) is 0 Å². The number of pyridine rings is 1. The average molecular weight is 390 g/mol. The predicted molar refractivity (Wildman–Crippen MR) is 116 cm³/mol. The molecule has 1 atom stereocenters. The summed E-state index contributed by atoms with van der Waals surface area (Å²) in [5.74, 6) is 0.597. The molecule has 2 heterocycles. The Hall–Kier alpha value is -3.37. The number of nitrogens with one attached hydrogen (secondary N) is 2. The first-order valence-electron chi connectivity index (χ1n) is 9.60. The van der Waals surface area contributed by atoms with Crippen molar-refractivity contribution in [2.75, 3.05) is 32.0 Å². The van der Waals surface area contributed by atoms with Gasteiger partial charge in [0.1, 0.15) is 6.10 Å². The summed E-state index contributed by atoms with van der Waals surface area (Å²) >= 11 is 0. The van der Waals surface area contributed by atoms with Crippen LogP contribution in [0.15, 0.2) is 41.7 Å². The van der Waals surface area contributed by atoms with Crippen LogP contribution >= 0.6 is 0 Å². The molecule has 0 bridgehead atoms. The Balaban J connectivity index is 1.51. The van der Waals surface area contributed by atoms with Gasteiger partial charge in [-0.2, -0.15) is 5.26 Å². The monoisotopic (exact) mass is 390 g/mol. The van der Waals surface area contributed by atoms with Crippen molar-refractivity contribution in [1.82, 2.24) is 10.3 Å². The fourth-order valence-corrected chi connectivity index (χ4v) is 3.25. The summed E-state index contributed by atoms with van der Waals surface area (Å²) in [6.07, 6.45) is 5.87. The largest absolute Gasteiger partial charge is 0.470 e. The Morgan fingerprint density at radius 1 is 1.48 bits per heavy atom. The fraction of sp³-hybridized carbons (Fsp3) is 0.318. The van der Waals surface area contributed by atoms with Gasteiger partial charge >= 0.3 is 0 Å². The number of hydrogen-bond donors (Lipinski definition) is 3. The van der Waals surface area contributed by atoms with Crippen molar-refractivity contribution in [3.63, 3.8) is 0 Å². The normalized spacial score (nSPS) is 16.0. The van der Waals surface area contributed by atoms with Crippen LogP contribution in [0.1, 0.15) is 22.3 Å². The van der Waals surface area contributed by atoms with E-state index in [4.69, 9.17) is 15.7 Å². The molecule has 1 aliphatic rings. The smallest absolute Gasteiger partial charge is 0.237 e. The summed E-state index contributed by atoms with van der Waals surface area (Å²) in [6, 6.07) is 9.97. The van der Waals surface area contributed by atoms with Gasteiger partial charge in [-0.3, -0.25) is 4.99 Å². The summed E-state index contributed by atoms with van der Waals surface area (Å²) in [5.41, 5.74) is 11.3. The molecule has 1 aromatic heterocycles. The van der Waals surface area contributed by atoms with Gasteiger partial charge < -0.3 is 21.1 Å². The van der Waals surface area contributed by atoms with Crippen molar-refractivity contribution in [1.29, 1.82) is 5.26 Å². The van der Waals surface area contributed by atoms with Crippen LogP contribution in [-0.4, -0.2) is 44.0 Å². The molecule has 150 valence electrons. The first kappa shape index (κ1) is 20.4. The molecular weight excluding hydrogens is 364 g/mol. The number of allylic oxidation sites excluding steroid dienone is 1. The molecule has 0 saturated heterocycles. The molecule has 7 nitrogen and oxygen atoms in total. The highest BCUT2D eigenvalue weighted by Crippen LogP contribution is 2.29. The Bertz CT molecular complexity index is 960. The van der Waals surface area contributed by atoms with Crippen molar-refractivity contribution in [3.8, 4) is 11.9 Å². The molecule has 29 heavy (non-hydrogen) atoms. The second-order valence-corrected chi connectivity index (χ2v) is 6.91. The molecular formula is C22H26N6O. The predicted octanol–water partition coefficient (Wildman–Crippen LogP) is 2.27. The Morgan fingerprint density at radius 3 is 3.07 bits per heavy atom. The quantitative estimate of drug-likeness (QED) is 0.494. The van der Waals surface area contributed by atoms with E-state index in [1.807, 2.05) is 31.2 Å². The Morgan fingerprint density at radius 2 is 2.34 bits per heavy atom. The van der Waals surface area contributed by atoms with Crippen LogP contribution in [0, 0.1) is 18.3 Å². The van der Waals surface area contributed by atoms with Gasteiger partial charge in [0, 0.05) is 43.3 Å². The third-order valence-corrected chi connectivity index (χ3v) is 4.85. The van der Waals surface area contributed by atoms with Gasteiger partial charge in [-0.15, -0.1) is 0 Å². The highest BCUT2D eigenvalue weighted by molar-refractivity contribution is 6.09. The maximum atomic E-state index is 8.96. The van der Waals surface area contributed by atoms with Gasteiger partial charge in [0.25, 0.3) is 0 Å². The van der Waals surface area contributed by atoms with E-state index < -0.39 is 0 Å². The number of nitrogens with zero attached hydrogens (tertiary/aromatic N) is 3. The van der Waals surface area contributed by atoms with E-state index in [9.17, 15) is 0 Å². The number of aromatic nitrogens is 1. The SMILES string of the molecule is CN=C/C(=C\N)c1cnc2c(c1)NCC(CNCCc1ccc(C#N)cc1C)O2. The zero-order chi connectivity index (χ0) is 20.6. The molecule has 2 aromatic rings. The van der Waals surface area contributed by atoms with E-state index >= 15 is 0 Å². The van der Waals surface area contributed by atoms with Crippen molar-refractivity contribution in [3.05, 3.63) is 58.9 Å². The van der Waals surface area contributed by atoms with E-state index in [-0.39, 0.29) is 6.10 Å². The molecule has 0 radical (unpaired) electrons. The van der Waals surface area contributed by atoms with Gasteiger partial charge in [-0.25, -0.2) is 4.98 Å². The van der Waals surface area contributed by atoms with Crippen LogP contribution in [0.4, 0.5) is 5.69 Å². The molecule has 1 aromatic carbocycles. The first-order valence-corrected chi connectivity index (χ1v) is 9.60. The zero-order valence-corrected chi connectivity index (χ0v) is 16.8. The van der Waals surface area contributed by atoms with Crippen LogP contribution < -0.4 is 21.1 Å². The van der Waals surface area contributed by atoms with Crippen molar-refractivity contribution in [2.24, 2.45) is 10.7 Å². The third kappa shape index (κ3) is 5.12. The van der Waals surface area contributed by atoms with E-state index in [0.29, 0.717) is 18.0 Å². The fourth-order valence-electron chi connectivity index (χ4n) is 3.25. The highest BCUT2D eigenvalue weighted by atomic mass is 16.5. The lowest BCUT2D eigenvalue weighted by molar-refractivity contribution is 0.194. The number of nitrogens with two attached hydrogens (primary N) is 1. The minimum Gasteiger partial charge on any atom is -0.470 e. The maximum absolute atomic E-state index is 8.96. The number of aryl methyl sites for hydroxylation is 1. The minimum atomic E-state index is 0.00429. The lowest BCUT2D eigenvalue weighted by Crippen LogP contribution is -2.40. The molecule has 0 saturated carbocycles. The maximum Gasteiger partial charge on any atom is 0.237 e. The summed E-state index contributed by atoms with van der Waals surface area (Å²) in [5, 5.41) is 15.8. The van der Waals surface area contributed by atoms with Gasteiger partial charge in [0.05, 0.1) is 23.9 Å². The summed E-state index contributed by atoms with van der Waals surface area (Å²) in [4.78, 5) is 8.44. The Kier molecular flexibility index (Phi) is 6.82. The lowest BCUT2D eigenvalue weighted by Gasteiger charge is -2.27. The molecule has 0 amide bonds. The highest BCUT2D eigenvalue weighted by Gasteiger charge is 2.20. The number of benzene rings is 1. The number of ether oxygens (including phenoxy) is 1. The molecule has 4 N–H and O–H groups in total. The van der Waals surface area contributed by atoms with Crippen LogP contribution in [0.5, 0.6) is 5.88 Å². The molecule has 1 unspecified atom stereocenters. The molecule has 3 rings (SSSR count). The molecule has 7 heteroatoms. The summed E-state index contributed by atoms with van der Waals surface area (Å²) in [6.45, 7) is 4.30. The number of rotatable bonds is 7. The summed E-state index contributed by atoms with van der Waals surface area (Å²) in [7, 11) is 1.71. The second-order valence-electron chi connectivity index (χ2n) is 6.91. The van der Waals surface area contributed by atoms with Crippen LogP contribution in [0.25, 0.3) is 5.57 Å². The van der Waals surface area contributed by atoms with E-state index in [1.165, 1.54) is 11.8 Å². The topological polar surface area (TPSA) is 108 Å². The van der Waals surface area contributed by atoms with Gasteiger partial charge in [0.2, 0.25) is 5.88 Å². The van der Waals surface area contributed by atoms with E-state index in [2.05, 4.69) is 26.7 Å². The number of anilines is 1. The van der Waals surface area contributed by atoms with Gasteiger partial charge in [0.15, 0.2) is 0 Å². The van der Waals surface area contributed by atoms with E-state index in [1.54, 1.807) is 19.5 Å². The molecule has 0 spiro atoms. The van der Waals surface area contributed by atoms with Crippen molar-refractivity contribution >= 4 is 17.5 Å². The minimum absolute atomic E-state index is 0.00429. The first-order chi connectivity index (χ1) is 14.1.